The fourth-order valence-electron chi connectivity index (χ4n) is 5.40. The number of carbonyl (C=O) groups excluding carboxylic acids is 2. The van der Waals surface area contributed by atoms with Crippen LogP contribution < -0.4 is 20.4 Å². The van der Waals surface area contributed by atoms with Crippen LogP contribution in [0.3, 0.4) is 0 Å². The number of amides is 2. The number of rotatable bonds is 13. The number of aliphatic hydroxyl groups is 1. The third-order valence-corrected chi connectivity index (χ3v) is 7.56. The van der Waals surface area contributed by atoms with Gasteiger partial charge in [-0.25, -0.2) is 9.97 Å². The average Bonchev–Trinajstić information content (AvgIpc) is 3.47. The molecule has 1 aromatic heterocycles. The number of hydrogen-bond acceptors (Lipinski definition) is 7. The minimum absolute atomic E-state index is 0.0563. The standard InChI is InChI=1S/C34H38N6O3/c1-2-37-28-17-27(18-29(19-28)40-15-9-14-33(40)42)34(43)38-31(16-25-10-5-3-6-11-25)32(41)23-39(30-20-35-24-36-21-30)22-26-12-7-4-8-13-26/h3-8,10-13,17-21,24,31-32,37,41H,2,9,14-16,22-23H2,1H3,(H,38,43). The van der Waals surface area contributed by atoms with Crippen LogP contribution in [0, 0.1) is 0 Å². The molecule has 3 aromatic carbocycles. The van der Waals surface area contributed by atoms with Crippen LogP contribution in [0.1, 0.15) is 41.3 Å². The predicted octanol–water partition coefficient (Wildman–Crippen LogP) is 4.44. The number of aliphatic hydroxyl groups excluding tert-OH is 1. The Balaban J connectivity index is 1.41. The molecule has 1 fully saturated rings. The molecule has 2 amide bonds. The molecule has 3 N–H and O–H groups in total. The molecule has 222 valence electrons. The van der Waals surface area contributed by atoms with Crippen molar-refractivity contribution >= 4 is 28.9 Å². The van der Waals surface area contributed by atoms with E-state index in [0.717, 1.165) is 28.9 Å². The van der Waals surface area contributed by atoms with E-state index >= 15 is 0 Å². The van der Waals surface area contributed by atoms with Gasteiger partial charge >= 0.3 is 0 Å². The Morgan fingerprint density at radius 2 is 1.70 bits per heavy atom. The summed E-state index contributed by atoms with van der Waals surface area (Å²) in [7, 11) is 0. The number of benzene rings is 3. The highest BCUT2D eigenvalue weighted by molar-refractivity contribution is 6.00. The highest BCUT2D eigenvalue weighted by Gasteiger charge is 2.27. The Morgan fingerprint density at radius 1 is 1.00 bits per heavy atom. The van der Waals surface area contributed by atoms with E-state index in [-0.39, 0.29) is 18.4 Å². The van der Waals surface area contributed by atoms with Gasteiger partial charge in [0.25, 0.3) is 5.91 Å². The van der Waals surface area contributed by atoms with Crippen LogP contribution in [0.5, 0.6) is 0 Å². The second-order valence-electron chi connectivity index (χ2n) is 10.7. The summed E-state index contributed by atoms with van der Waals surface area (Å²) in [5.41, 5.74) is 4.73. The van der Waals surface area contributed by atoms with Gasteiger partial charge in [-0.1, -0.05) is 60.7 Å². The van der Waals surface area contributed by atoms with Crippen molar-refractivity contribution < 1.29 is 14.7 Å². The molecule has 9 heteroatoms. The summed E-state index contributed by atoms with van der Waals surface area (Å²) in [5, 5.41) is 18.1. The first-order valence-corrected chi connectivity index (χ1v) is 14.8. The molecule has 43 heavy (non-hydrogen) atoms. The van der Waals surface area contributed by atoms with Crippen molar-refractivity contribution in [3.8, 4) is 0 Å². The molecule has 2 atom stereocenters. The van der Waals surface area contributed by atoms with Gasteiger partial charge in [0.05, 0.1) is 30.2 Å². The number of anilines is 3. The van der Waals surface area contributed by atoms with Gasteiger partial charge in [0.2, 0.25) is 5.91 Å². The molecule has 2 unspecified atom stereocenters. The molecule has 0 saturated carbocycles. The molecule has 4 aromatic rings. The Hall–Kier alpha value is -4.76. The van der Waals surface area contributed by atoms with Crippen molar-refractivity contribution in [2.45, 2.75) is 44.9 Å². The Labute approximate surface area is 252 Å². The first kappa shape index (κ1) is 29.7. The molecule has 2 heterocycles. The Morgan fingerprint density at radius 3 is 2.35 bits per heavy atom. The maximum Gasteiger partial charge on any atom is 0.251 e. The zero-order valence-electron chi connectivity index (χ0n) is 24.4. The molecule has 0 radical (unpaired) electrons. The fraction of sp³-hybridized carbons (Fsp3) is 0.294. The molecular formula is C34H38N6O3. The van der Waals surface area contributed by atoms with Gasteiger partial charge in [0.1, 0.15) is 6.33 Å². The third kappa shape index (κ3) is 7.96. The lowest BCUT2D eigenvalue weighted by atomic mass is 9.99. The Bertz CT molecular complexity index is 1490. The average molecular weight is 579 g/mol. The molecule has 0 aliphatic carbocycles. The molecule has 1 saturated heterocycles. The van der Waals surface area contributed by atoms with Crippen molar-refractivity contribution in [3.63, 3.8) is 0 Å². The number of hydrogen-bond donors (Lipinski definition) is 3. The molecule has 0 spiro atoms. The van der Waals surface area contributed by atoms with Crippen molar-refractivity contribution in [3.05, 3.63) is 114 Å². The van der Waals surface area contributed by atoms with E-state index in [0.29, 0.717) is 43.7 Å². The molecule has 1 aliphatic rings. The lowest BCUT2D eigenvalue weighted by molar-refractivity contribution is -0.117. The van der Waals surface area contributed by atoms with Crippen LogP contribution >= 0.6 is 0 Å². The van der Waals surface area contributed by atoms with Crippen LogP contribution in [0.15, 0.2) is 97.6 Å². The largest absolute Gasteiger partial charge is 0.389 e. The zero-order valence-corrected chi connectivity index (χ0v) is 24.4. The van der Waals surface area contributed by atoms with Gasteiger partial charge in [0.15, 0.2) is 0 Å². The van der Waals surface area contributed by atoms with E-state index in [2.05, 4.69) is 20.6 Å². The molecule has 0 bridgehead atoms. The lowest BCUT2D eigenvalue weighted by Crippen LogP contribution is -2.49. The van der Waals surface area contributed by atoms with E-state index in [1.165, 1.54) is 6.33 Å². The van der Waals surface area contributed by atoms with Crippen molar-refractivity contribution in [1.82, 2.24) is 15.3 Å². The molecule has 5 rings (SSSR count). The summed E-state index contributed by atoms with van der Waals surface area (Å²) < 4.78 is 0. The fourth-order valence-corrected chi connectivity index (χ4v) is 5.40. The number of nitrogens with one attached hydrogen (secondary N) is 2. The monoisotopic (exact) mass is 578 g/mol. The van der Waals surface area contributed by atoms with Gasteiger partial charge in [-0.05, 0) is 49.1 Å². The summed E-state index contributed by atoms with van der Waals surface area (Å²) in [6.07, 6.45) is 5.73. The summed E-state index contributed by atoms with van der Waals surface area (Å²) in [6, 6.07) is 24.7. The van der Waals surface area contributed by atoms with Gasteiger partial charge < -0.3 is 25.5 Å². The highest BCUT2D eigenvalue weighted by atomic mass is 16.3. The van der Waals surface area contributed by atoms with Crippen LogP contribution in [0.4, 0.5) is 17.1 Å². The normalized spacial score (nSPS) is 14.3. The van der Waals surface area contributed by atoms with Crippen LogP contribution in [0.2, 0.25) is 0 Å². The third-order valence-electron chi connectivity index (χ3n) is 7.56. The molecular weight excluding hydrogens is 540 g/mol. The first-order chi connectivity index (χ1) is 21.0. The molecule has 1 aliphatic heterocycles. The topological polar surface area (TPSA) is 111 Å². The predicted molar refractivity (Wildman–Crippen MR) is 169 cm³/mol. The summed E-state index contributed by atoms with van der Waals surface area (Å²) in [5.74, 6) is -0.258. The summed E-state index contributed by atoms with van der Waals surface area (Å²) in [6.45, 7) is 4.07. The number of nitrogens with zero attached hydrogens (tertiary/aromatic N) is 4. The first-order valence-electron chi connectivity index (χ1n) is 14.8. The van der Waals surface area contributed by atoms with E-state index in [4.69, 9.17) is 0 Å². The molecule has 9 nitrogen and oxygen atoms in total. The van der Waals surface area contributed by atoms with Crippen molar-refractivity contribution in [2.24, 2.45) is 0 Å². The van der Waals surface area contributed by atoms with E-state index in [1.807, 2.05) is 78.6 Å². The van der Waals surface area contributed by atoms with E-state index in [1.54, 1.807) is 29.4 Å². The van der Waals surface area contributed by atoms with Crippen molar-refractivity contribution in [2.75, 3.05) is 34.8 Å². The van der Waals surface area contributed by atoms with Crippen LogP contribution in [0.25, 0.3) is 0 Å². The van der Waals surface area contributed by atoms with Gasteiger partial charge in [-0.15, -0.1) is 0 Å². The van der Waals surface area contributed by atoms with Gasteiger partial charge in [-0.2, -0.15) is 0 Å². The Kier molecular flexibility index (Phi) is 9.97. The SMILES string of the molecule is CCNc1cc(C(=O)NC(Cc2ccccc2)C(O)CN(Cc2ccccc2)c2cncnc2)cc(N2CCCC2=O)c1. The highest BCUT2D eigenvalue weighted by Crippen LogP contribution is 2.27. The van der Waals surface area contributed by atoms with Crippen molar-refractivity contribution in [1.29, 1.82) is 0 Å². The summed E-state index contributed by atoms with van der Waals surface area (Å²) >= 11 is 0. The quantitative estimate of drug-likeness (QED) is 0.215. The number of carbonyl (C=O) groups is 2. The second-order valence-corrected chi connectivity index (χ2v) is 10.7. The smallest absolute Gasteiger partial charge is 0.251 e. The maximum absolute atomic E-state index is 13.8. The zero-order chi connectivity index (χ0) is 30.0. The minimum atomic E-state index is -0.926. The van der Waals surface area contributed by atoms with E-state index in [9.17, 15) is 14.7 Å². The summed E-state index contributed by atoms with van der Waals surface area (Å²) in [4.78, 5) is 38.4. The van der Waals surface area contributed by atoms with Gasteiger partial charge in [-0.3, -0.25) is 9.59 Å². The second kappa shape index (κ2) is 14.4. The minimum Gasteiger partial charge on any atom is -0.389 e. The van der Waals surface area contributed by atoms with Gasteiger partial charge in [0, 0.05) is 49.5 Å². The van der Waals surface area contributed by atoms with Crippen LogP contribution in [-0.2, 0) is 17.8 Å². The maximum atomic E-state index is 13.8. The number of aromatic nitrogens is 2. The lowest BCUT2D eigenvalue weighted by Gasteiger charge is -2.31. The van der Waals surface area contributed by atoms with E-state index < -0.39 is 12.1 Å². The van der Waals surface area contributed by atoms with Crippen LogP contribution in [-0.4, -0.2) is 58.7 Å².